The van der Waals surface area contributed by atoms with Gasteiger partial charge in [0.2, 0.25) is 0 Å². The highest BCUT2D eigenvalue weighted by Gasteiger charge is 2.42. The molecule has 0 amide bonds. The second-order valence-electron chi connectivity index (χ2n) is 12.2. The van der Waals surface area contributed by atoms with Gasteiger partial charge in [0, 0.05) is 10.8 Å². The molecule has 7 rings (SSSR count). The summed E-state index contributed by atoms with van der Waals surface area (Å²) in [5.41, 5.74) is 18.1. The minimum Gasteiger partial charge on any atom is -0.0622 e. The van der Waals surface area contributed by atoms with Crippen LogP contribution in [0.2, 0.25) is 0 Å². The molecule has 186 valence electrons. The lowest BCUT2D eigenvalue weighted by atomic mass is 9.73. The molecule has 0 fully saturated rings. The fourth-order valence-electron chi connectivity index (χ4n) is 7.34. The van der Waals surface area contributed by atoms with E-state index in [1.165, 1.54) is 72.3 Å². The quantitative estimate of drug-likeness (QED) is 0.236. The molecular weight excluding hydrogens is 456 g/mol. The van der Waals surface area contributed by atoms with Crippen molar-refractivity contribution in [2.75, 3.05) is 0 Å². The van der Waals surface area contributed by atoms with E-state index >= 15 is 0 Å². The van der Waals surface area contributed by atoms with E-state index in [1.807, 2.05) is 0 Å². The first-order chi connectivity index (χ1) is 18.3. The van der Waals surface area contributed by atoms with E-state index in [9.17, 15) is 0 Å². The van der Waals surface area contributed by atoms with Crippen molar-refractivity contribution in [3.05, 3.63) is 142 Å². The van der Waals surface area contributed by atoms with Gasteiger partial charge in [-0.25, -0.2) is 0 Å². The maximum absolute atomic E-state index is 2.47. The summed E-state index contributed by atoms with van der Waals surface area (Å²) in [5.74, 6) is 0. The topological polar surface area (TPSA) is 0 Å². The number of rotatable bonds is 3. The first kappa shape index (κ1) is 23.2. The molecule has 2 aliphatic carbocycles. The summed E-state index contributed by atoms with van der Waals surface area (Å²) in [5, 5.41) is 0. The van der Waals surface area contributed by atoms with Crippen LogP contribution in [-0.4, -0.2) is 0 Å². The number of hydrogen-bond donors (Lipinski definition) is 0. The lowest BCUT2D eigenvalue weighted by molar-refractivity contribution is 0.582. The highest BCUT2D eigenvalue weighted by Crippen LogP contribution is 2.55. The minimum absolute atomic E-state index is 0.0147. The van der Waals surface area contributed by atoms with Gasteiger partial charge in [0.25, 0.3) is 0 Å². The van der Waals surface area contributed by atoms with Crippen molar-refractivity contribution in [1.29, 1.82) is 0 Å². The van der Waals surface area contributed by atoms with E-state index < -0.39 is 0 Å². The Morgan fingerprint density at radius 3 is 1.97 bits per heavy atom. The van der Waals surface area contributed by atoms with Crippen LogP contribution in [0.5, 0.6) is 0 Å². The van der Waals surface area contributed by atoms with Crippen LogP contribution < -0.4 is 0 Å². The van der Waals surface area contributed by atoms with Crippen molar-refractivity contribution in [2.45, 2.75) is 51.9 Å². The van der Waals surface area contributed by atoms with Gasteiger partial charge in [-0.1, -0.05) is 129 Å². The number of hydrogen-bond acceptors (Lipinski definition) is 0. The number of fused-ring (bicyclic) bond motifs is 6. The van der Waals surface area contributed by atoms with Crippen molar-refractivity contribution in [3.8, 4) is 33.4 Å². The highest BCUT2D eigenvalue weighted by molar-refractivity contribution is 5.87. The molecule has 5 aromatic carbocycles. The van der Waals surface area contributed by atoms with Gasteiger partial charge in [-0.3, -0.25) is 0 Å². The Labute approximate surface area is 227 Å². The fourth-order valence-corrected chi connectivity index (χ4v) is 7.34. The van der Waals surface area contributed by atoms with Gasteiger partial charge in [0.05, 0.1) is 0 Å². The summed E-state index contributed by atoms with van der Waals surface area (Å²) in [6.07, 6.45) is 0.981. The van der Waals surface area contributed by atoms with Gasteiger partial charge < -0.3 is 0 Å². The Morgan fingerprint density at radius 1 is 0.500 bits per heavy atom. The summed E-state index contributed by atoms with van der Waals surface area (Å²) < 4.78 is 0. The lowest BCUT2D eigenvalue weighted by Crippen LogP contribution is -2.24. The molecule has 2 aliphatic rings. The molecule has 0 saturated carbocycles. The molecule has 0 nitrogen and oxygen atoms in total. The van der Waals surface area contributed by atoms with E-state index in [2.05, 4.69) is 138 Å². The third-order valence-electron chi connectivity index (χ3n) is 9.23. The van der Waals surface area contributed by atoms with E-state index in [-0.39, 0.29) is 10.8 Å². The van der Waals surface area contributed by atoms with E-state index in [0.717, 1.165) is 6.42 Å². The van der Waals surface area contributed by atoms with Crippen LogP contribution in [0.4, 0.5) is 0 Å². The van der Waals surface area contributed by atoms with Crippen LogP contribution in [0.3, 0.4) is 0 Å². The molecule has 0 spiro atoms. The summed E-state index contributed by atoms with van der Waals surface area (Å²) in [6.45, 7) is 11.7. The van der Waals surface area contributed by atoms with Crippen molar-refractivity contribution >= 4 is 0 Å². The van der Waals surface area contributed by atoms with Gasteiger partial charge in [-0.05, 0) is 87.5 Å². The zero-order valence-corrected chi connectivity index (χ0v) is 23.0. The summed E-state index contributed by atoms with van der Waals surface area (Å²) >= 11 is 0. The molecule has 0 N–H and O–H groups in total. The van der Waals surface area contributed by atoms with E-state index in [4.69, 9.17) is 0 Å². The molecule has 0 heteroatoms. The SMILES string of the molecule is Cc1ccc2c(c1)-c1cc(-c3ccccc3)ccc1C2(C)Cc1cc(C)cc2c1-c1ccccc1C2(C)C. The Bertz CT molecular complexity index is 1730. The minimum atomic E-state index is -0.100. The number of benzene rings is 5. The van der Waals surface area contributed by atoms with Gasteiger partial charge in [-0.2, -0.15) is 0 Å². The maximum atomic E-state index is 2.47. The largest absolute Gasteiger partial charge is 0.0622 e. The normalized spacial score (nSPS) is 18.0. The molecule has 1 unspecified atom stereocenters. The zero-order valence-electron chi connectivity index (χ0n) is 23.0. The molecular formula is C38H34. The van der Waals surface area contributed by atoms with Gasteiger partial charge in [0.15, 0.2) is 0 Å². The lowest BCUT2D eigenvalue weighted by Gasteiger charge is -2.30. The Morgan fingerprint density at radius 2 is 1.18 bits per heavy atom. The van der Waals surface area contributed by atoms with Crippen molar-refractivity contribution in [2.24, 2.45) is 0 Å². The predicted octanol–water partition coefficient (Wildman–Crippen LogP) is 9.81. The molecule has 0 saturated heterocycles. The third kappa shape index (κ3) is 3.23. The average Bonchev–Trinajstić information content (AvgIpc) is 3.29. The smallest absolute Gasteiger partial charge is 0.0227 e. The Balaban J connectivity index is 1.44. The molecule has 38 heavy (non-hydrogen) atoms. The monoisotopic (exact) mass is 490 g/mol. The molecule has 0 aromatic heterocycles. The van der Waals surface area contributed by atoms with Crippen LogP contribution in [0.1, 0.15) is 59.7 Å². The summed E-state index contributed by atoms with van der Waals surface area (Å²) in [7, 11) is 0. The van der Waals surface area contributed by atoms with Crippen LogP contribution in [-0.2, 0) is 17.3 Å². The highest BCUT2D eigenvalue weighted by atomic mass is 14.5. The molecule has 0 heterocycles. The van der Waals surface area contributed by atoms with E-state index in [1.54, 1.807) is 0 Å². The van der Waals surface area contributed by atoms with Crippen LogP contribution in [0, 0.1) is 13.8 Å². The fraction of sp³-hybridized carbons (Fsp3) is 0.211. The molecule has 0 radical (unpaired) electrons. The molecule has 0 aliphatic heterocycles. The molecule has 1 atom stereocenters. The average molecular weight is 491 g/mol. The summed E-state index contributed by atoms with van der Waals surface area (Å²) in [6, 6.07) is 38.9. The first-order valence-electron chi connectivity index (χ1n) is 13.8. The van der Waals surface area contributed by atoms with Crippen LogP contribution in [0.25, 0.3) is 33.4 Å². The van der Waals surface area contributed by atoms with Gasteiger partial charge in [-0.15, -0.1) is 0 Å². The third-order valence-corrected chi connectivity index (χ3v) is 9.23. The standard InChI is InChI=1S/C38H34/c1-24-15-17-33-30(20-24)31-22-27(26-11-7-6-8-12-26)16-18-34(31)38(33,5)23-28-19-25(2)21-35-36(28)29-13-9-10-14-32(29)37(35,3)4/h6-22H,23H2,1-5H3. The van der Waals surface area contributed by atoms with Crippen LogP contribution in [0.15, 0.2) is 103 Å². The maximum Gasteiger partial charge on any atom is 0.0227 e. The Kier molecular flexibility index (Phi) is 4.92. The van der Waals surface area contributed by atoms with Crippen molar-refractivity contribution < 1.29 is 0 Å². The zero-order chi connectivity index (χ0) is 26.2. The van der Waals surface area contributed by atoms with Crippen molar-refractivity contribution in [1.82, 2.24) is 0 Å². The van der Waals surface area contributed by atoms with Crippen LogP contribution >= 0.6 is 0 Å². The second-order valence-corrected chi connectivity index (χ2v) is 12.2. The Hall–Kier alpha value is -3.90. The van der Waals surface area contributed by atoms with Gasteiger partial charge in [0.1, 0.15) is 0 Å². The van der Waals surface area contributed by atoms with Crippen molar-refractivity contribution in [3.63, 3.8) is 0 Å². The molecule has 0 bridgehead atoms. The first-order valence-corrected chi connectivity index (χ1v) is 13.8. The molecule has 5 aromatic rings. The predicted molar refractivity (Wildman–Crippen MR) is 161 cm³/mol. The second kappa shape index (κ2) is 8.05. The number of aryl methyl sites for hydroxylation is 2. The van der Waals surface area contributed by atoms with E-state index in [0.29, 0.717) is 0 Å². The van der Waals surface area contributed by atoms with Gasteiger partial charge >= 0.3 is 0 Å². The summed E-state index contributed by atoms with van der Waals surface area (Å²) in [4.78, 5) is 0.